The van der Waals surface area contributed by atoms with Crippen LogP contribution in [0.5, 0.6) is 0 Å². The molecule has 0 unspecified atom stereocenters. The number of carbonyl (C=O) groups is 1. The van der Waals surface area contributed by atoms with Gasteiger partial charge in [0.1, 0.15) is 5.82 Å². The van der Waals surface area contributed by atoms with Crippen molar-refractivity contribution in [3.8, 4) is 0 Å². The van der Waals surface area contributed by atoms with E-state index in [1.165, 1.54) is 6.07 Å². The Kier molecular flexibility index (Phi) is 5.81. The summed E-state index contributed by atoms with van der Waals surface area (Å²) in [7, 11) is 0. The van der Waals surface area contributed by atoms with Gasteiger partial charge in [-0.2, -0.15) is 0 Å². The van der Waals surface area contributed by atoms with Crippen LogP contribution in [-0.4, -0.2) is 42.5 Å². The molecule has 1 aromatic carbocycles. The van der Waals surface area contributed by atoms with Crippen molar-refractivity contribution in [1.82, 2.24) is 4.90 Å². The minimum atomic E-state index is -0.495. The molecule has 0 bridgehead atoms. The molecule has 1 aliphatic heterocycles. The molecule has 0 aliphatic carbocycles. The number of rotatable bonds is 4. The van der Waals surface area contributed by atoms with Gasteiger partial charge in [-0.3, -0.25) is 4.79 Å². The van der Waals surface area contributed by atoms with Crippen LogP contribution < -0.4 is 0 Å². The van der Waals surface area contributed by atoms with E-state index >= 15 is 0 Å². The average Bonchev–Trinajstić information content (AvgIpc) is 2.45. The lowest BCUT2D eigenvalue weighted by molar-refractivity contribution is 0.0152. The van der Waals surface area contributed by atoms with Gasteiger partial charge in [0.05, 0.1) is 18.3 Å². The van der Waals surface area contributed by atoms with E-state index in [1.807, 2.05) is 0 Å². The minimum absolute atomic E-state index is 0.104. The fraction of sp³-hybridized carbons (Fsp3) is 0.500. The van der Waals surface area contributed by atoms with Crippen LogP contribution in [0.4, 0.5) is 4.39 Å². The Labute approximate surface area is 131 Å². The van der Waals surface area contributed by atoms with Gasteiger partial charge in [0.2, 0.25) is 0 Å². The maximum atomic E-state index is 13.8. The summed E-state index contributed by atoms with van der Waals surface area (Å²) in [4.78, 5) is 14.0. The van der Waals surface area contributed by atoms with Crippen LogP contribution in [0.15, 0.2) is 22.7 Å². The summed E-state index contributed by atoms with van der Waals surface area (Å²) in [6.45, 7) is 1.68. The summed E-state index contributed by atoms with van der Waals surface area (Å²) in [6.07, 6.45) is 1.66. The fourth-order valence-electron chi connectivity index (χ4n) is 2.30. The molecular weight excluding hydrogens is 349 g/mol. The number of piperidine rings is 1. The van der Waals surface area contributed by atoms with Crippen LogP contribution in [-0.2, 0) is 4.74 Å². The van der Waals surface area contributed by atoms with Gasteiger partial charge >= 0.3 is 0 Å². The third-order valence-corrected chi connectivity index (χ3v) is 4.15. The van der Waals surface area contributed by atoms with Crippen LogP contribution in [0.2, 0.25) is 0 Å². The predicted molar refractivity (Wildman–Crippen MR) is 79.7 cm³/mol. The van der Waals surface area contributed by atoms with E-state index in [2.05, 4.69) is 15.9 Å². The number of nitrogens with zero attached hydrogens (tertiary/aromatic N) is 1. The van der Waals surface area contributed by atoms with E-state index in [4.69, 9.17) is 16.3 Å². The average molecular weight is 365 g/mol. The molecule has 0 N–H and O–H groups in total. The van der Waals surface area contributed by atoms with Gasteiger partial charge in [-0.05, 0) is 40.9 Å². The first-order chi connectivity index (χ1) is 9.63. The summed E-state index contributed by atoms with van der Waals surface area (Å²) in [5, 5.41) is 0. The Hall–Kier alpha value is -0.650. The van der Waals surface area contributed by atoms with Crippen molar-refractivity contribution in [2.45, 2.75) is 18.9 Å². The Morgan fingerprint density at radius 3 is 2.75 bits per heavy atom. The van der Waals surface area contributed by atoms with Crippen molar-refractivity contribution in [2.24, 2.45) is 0 Å². The van der Waals surface area contributed by atoms with Crippen molar-refractivity contribution in [1.29, 1.82) is 0 Å². The molecule has 0 spiro atoms. The number of ether oxygens (including phenoxy) is 1. The first kappa shape index (κ1) is 15.7. The number of amides is 1. The standard InChI is InChI=1S/C14H16BrClFNO2/c15-11-2-1-3-12(17)13(11)14(19)18-7-4-10(5-8-18)20-9-6-16/h1-3,10H,4-9H2. The van der Waals surface area contributed by atoms with E-state index in [0.29, 0.717) is 30.0 Å². The van der Waals surface area contributed by atoms with Crippen molar-refractivity contribution in [2.75, 3.05) is 25.6 Å². The number of likely N-dealkylation sites (tertiary alicyclic amines) is 1. The second kappa shape index (κ2) is 7.38. The molecule has 1 heterocycles. The summed E-state index contributed by atoms with van der Waals surface area (Å²) in [5.41, 5.74) is 0.104. The van der Waals surface area contributed by atoms with Crippen LogP contribution in [0.1, 0.15) is 23.2 Å². The van der Waals surface area contributed by atoms with E-state index in [0.717, 1.165) is 12.8 Å². The predicted octanol–water partition coefficient (Wildman–Crippen LogP) is 3.45. The zero-order chi connectivity index (χ0) is 14.5. The van der Waals surface area contributed by atoms with Gasteiger partial charge in [-0.25, -0.2) is 4.39 Å². The Morgan fingerprint density at radius 2 is 2.15 bits per heavy atom. The van der Waals surface area contributed by atoms with Gasteiger partial charge < -0.3 is 9.64 Å². The van der Waals surface area contributed by atoms with Gasteiger partial charge in [0.25, 0.3) is 5.91 Å². The molecule has 0 saturated carbocycles. The quantitative estimate of drug-likeness (QED) is 0.766. The van der Waals surface area contributed by atoms with Crippen LogP contribution in [0.25, 0.3) is 0 Å². The first-order valence-electron chi connectivity index (χ1n) is 6.54. The molecule has 1 aliphatic rings. The maximum Gasteiger partial charge on any atom is 0.257 e. The number of benzene rings is 1. The number of halogens is 3. The molecule has 1 aromatic rings. The van der Waals surface area contributed by atoms with Gasteiger partial charge in [0.15, 0.2) is 0 Å². The Balaban J connectivity index is 1.98. The highest BCUT2D eigenvalue weighted by atomic mass is 79.9. The Bertz CT molecular complexity index is 458. The molecule has 6 heteroatoms. The van der Waals surface area contributed by atoms with Crippen LogP contribution in [0, 0.1) is 5.82 Å². The number of carbonyl (C=O) groups excluding carboxylic acids is 1. The molecule has 3 nitrogen and oxygen atoms in total. The lowest BCUT2D eigenvalue weighted by Crippen LogP contribution is -2.41. The molecule has 110 valence electrons. The molecule has 0 aromatic heterocycles. The van der Waals surface area contributed by atoms with E-state index in [9.17, 15) is 9.18 Å². The van der Waals surface area contributed by atoms with Crippen LogP contribution in [0.3, 0.4) is 0 Å². The smallest absolute Gasteiger partial charge is 0.257 e. The molecule has 1 amide bonds. The summed E-state index contributed by atoms with van der Waals surface area (Å²) < 4.78 is 19.8. The molecule has 1 saturated heterocycles. The number of alkyl halides is 1. The van der Waals surface area contributed by atoms with Crippen LogP contribution >= 0.6 is 27.5 Å². The van der Waals surface area contributed by atoms with Gasteiger partial charge in [-0.15, -0.1) is 11.6 Å². The third-order valence-electron chi connectivity index (χ3n) is 3.34. The summed E-state index contributed by atoms with van der Waals surface area (Å²) >= 11 is 8.81. The van der Waals surface area contributed by atoms with E-state index in [-0.39, 0.29) is 17.6 Å². The first-order valence-corrected chi connectivity index (χ1v) is 7.87. The van der Waals surface area contributed by atoms with Crippen molar-refractivity contribution < 1.29 is 13.9 Å². The van der Waals surface area contributed by atoms with E-state index in [1.54, 1.807) is 17.0 Å². The summed E-state index contributed by atoms with van der Waals surface area (Å²) in [5.74, 6) is -0.294. The molecule has 20 heavy (non-hydrogen) atoms. The van der Waals surface area contributed by atoms with Crippen molar-refractivity contribution in [3.63, 3.8) is 0 Å². The normalized spacial score (nSPS) is 16.4. The summed E-state index contributed by atoms with van der Waals surface area (Å²) in [6, 6.07) is 4.55. The topological polar surface area (TPSA) is 29.5 Å². The maximum absolute atomic E-state index is 13.8. The SMILES string of the molecule is O=C(c1c(F)cccc1Br)N1CCC(OCCCl)CC1. The highest BCUT2D eigenvalue weighted by Crippen LogP contribution is 2.23. The largest absolute Gasteiger partial charge is 0.377 e. The third kappa shape index (κ3) is 3.71. The van der Waals surface area contributed by atoms with E-state index < -0.39 is 5.82 Å². The lowest BCUT2D eigenvalue weighted by Gasteiger charge is -2.32. The van der Waals surface area contributed by atoms with Crippen molar-refractivity contribution >= 4 is 33.4 Å². The molecule has 1 fully saturated rings. The van der Waals surface area contributed by atoms with Crippen molar-refractivity contribution in [3.05, 3.63) is 34.1 Å². The second-order valence-electron chi connectivity index (χ2n) is 4.65. The number of hydrogen-bond acceptors (Lipinski definition) is 2. The molecule has 0 atom stereocenters. The zero-order valence-electron chi connectivity index (χ0n) is 10.9. The Morgan fingerprint density at radius 1 is 1.45 bits per heavy atom. The zero-order valence-corrected chi connectivity index (χ0v) is 13.3. The minimum Gasteiger partial charge on any atom is -0.377 e. The second-order valence-corrected chi connectivity index (χ2v) is 5.88. The molecule has 0 radical (unpaired) electrons. The number of hydrogen-bond donors (Lipinski definition) is 0. The highest BCUT2D eigenvalue weighted by molar-refractivity contribution is 9.10. The molecular formula is C14H16BrClFNO2. The lowest BCUT2D eigenvalue weighted by atomic mass is 10.1. The fourth-order valence-corrected chi connectivity index (χ4v) is 2.90. The van der Waals surface area contributed by atoms with Gasteiger partial charge in [0, 0.05) is 23.4 Å². The highest BCUT2D eigenvalue weighted by Gasteiger charge is 2.26. The monoisotopic (exact) mass is 363 g/mol. The molecule has 2 rings (SSSR count). The van der Waals surface area contributed by atoms with Gasteiger partial charge in [-0.1, -0.05) is 6.07 Å².